The van der Waals surface area contributed by atoms with Crippen LogP contribution in [0.25, 0.3) is 0 Å². The molecule has 1 aromatic rings. The van der Waals surface area contributed by atoms with Gasteiger partial charge in [0.2, 0.25) is 0 Å². The third-order valence-corrected chi connectivity index (χ3v) is 4.00. The Labute approximate surface area is 135 Å². The van der Waals surface area contributed by atoms with Crippen molar-refractivity contribution in [2.24, 2.45) is 5.41 Å². The van der Waals surface area contributed by atoms with Gasteiger partial charge in [0.25, 0.3) is 5.91 Å². The van der Waals surface area contributed by atoms with Crippen LogP contribution in [0.4, 0.5) is 4.39 Å². The first-order valence-electron chi connectivity index (χ1n) is 7.59. The second-order valence-electron chi connectivity index (χ2n) is 6.82. The Morgan fingerprint density at radius 2 is 2.00 bits per heavy atom. The number of nitrogens with zero attached hydrogens (tertiary/aromatic N) is 1. The van der Waals surface area contributed by atoms with E-state index in [0.29, 0.717) is 11.3 Å². The molecule has 0 bridgehead atoms. The molecule has 0 aromatic carbocycles. The van der Waals surface area contributed by atoms with E-state index < -0.39 is 0 Å². The smallest absolute Gasteiger partial charge is 0.252 e. The Bertz CT molecular complexity index is 762. The van der Waals surface area contributed by atoms with Crippen molar-refractivity contribution in [2.75, 3.05) is 0 Å². The summed E-state index contributed by atoms with van der Waals surface area (Å²) in [6.07, 6.45) is 10.8. The molecule has 1 aromatic heterocycles. The number of pyridine rings is 1. The summed E-state index contributed by atoms with van der Waals surface area (Å²) in [4.78, 5) is 16.8. The van der Waals surface area contributed by atoms with Gasteiger partial charge in [-0.25, -0.2) is 4.39 Å². The molecule has 0 unspecified atom stereocenters. The normalized spacial score (nSPS) is 17.3. The molecule has 3 rings (SSSR count). The summed E-state index contributed by atoms with van der Waals surface area (Å²) in [6, 6.07) is 2.68. The summed E-state index contributed by atoms with van der Waals surface area (Å²) >= 11 is 0. The lowest BCUT2D eigenvalue weighted by Gasteiger charge is -2.31. The molecule has 1 atom stereocenters. The third kappa shape index (κ3) is 3.02. The Balaban J connectivity index is 1.88. The molecule has 2 aliphatic carbocycles. The number of hydrogen-bond acceptors (Lipinski definition) is 2. The zero-order valence-electron chi connectivity index (χ0n) is 13.4. The molecule has 0 saturated carbocycles. The molecule has 0 saturated heterocycles. The maximum atomic E-state index is 13.1. The first kappa shape index (κ1) is 15.4. The summed E-state index contributed by atoms with van der Waals surface area (Å²) < 4.78 is 13.1. The van der Waals surface area contributed by atoms with Crippen LogP contribution in [0.5, 0.6) is 0 Å². The molecule has 1 heterocycles. The van der Waals surface area contributed by atoms with Crippen LogP contribution >= 0.6 is 0 Å². The third-order valence-electron chi connectivity index (χ3n) is 4.00. The lowest BCUT2D eigenvalue weighted by molar-refractivity contribution is -0.118. The zero-order chi connectivity index (χ0) is 16.6. The second kappa shape index (κ2) is 5.61. The molecular formula is C19H19FN2O. The Kier molecular flexibility index (Phi) is 3.76. The predicted molar refractivity (Wildman–Crippen MR) is 87.9 cm³/mol. The largest absolute Gasteiger partial charge is 0.343 e. The highest BCUT2D eigenvalue weighted by atomic mass is 19.1. The van der Waals surface area contributed by atoms with Gasteiger partial charge in [-0.2, -0.15) is 0 Å². The summed E-state index contributed by atoms with van der Waals surface area (Å²) in [5, 5.41) is 3.05. The minimum atomic E-state index is -0.387. The number of hydrogen-bond donors (Lipinski definition) is 1. The first-order chi connectivity index (χ1) is 10.9. The van der Waals surface area contributed by atoms with Gasteiger partial charge in [0.05, 0.1) is 17.9 Å². The van der Waals surface area contributed by atoms with E-state index in [4.69, 9.17) is 0 Å². The van der Waals surface area contributed by atoms with Crippen molar-refractivity contribution in [3.8, 4) is 0 Å². The molecule has 1 amide bonds. The van der Waals surface area contributed by atoms with Crippen molar-refractivity contribution >= 4 is 5.91 Å². The van der Waals surface area contributed by atoms with Crippen molar-refractivity contribution in [3.05, 3.63) is 76.9 Å². The fourth-order valence-corrected chi connectivity index (χ4v) is 2.79. The van der Waals surface area contributed by atoms with Crippen LogP contribution in [0, 0.1) is 11.2 Å². The topological polar surface area (TPSA) is 42.0 Å². The maximum Gasteiger partial charge on any atom is 0.252 e. The van der Waals surface area contributed by atoms with E-state index in [0.717, 1.165) is 11.1 Å². The lowest BCUT2D eigenvalue weighted by atomic mass is 9.84. The number of amides is 1. The molecule has 0 spiro atoms. The molecule has 2 aliphatic rings. The monoisotopic (exact) mass is 310 g/mol. The average Bonchev–Trinajstić information content (AvgIpc) is 3.07. The van der Waals surface area contributed by atoms with Gasteiger partial charge in [0.15, 0.2) is 0 Å². The van der Waals surface area contributed by atoms with Gasteiger partial charge in [0.1, 0.15) is 5.82 Å². The van der Waals surface area contributed by atoms with Gasteiger partial charge in [0, 0.05) is 5.57 Å². The molecule has 0 radical (unpaired) electrons. The molecular weight excluding hydrogens is 291 g/mol. The van der Waals surface area contributed by atoms with Crippen LogP contribution in [0.2, 0.25) is 0 Å². The van der Waals surface area contributed by atoms with Gasteiger partial charge in [-0.15, -0.1) is 0 Å². The lowest BCUT2D eigenvalue weighted by Crippen LogP contribution is -2.37. The summed E-state index contributed by atoms with van der Waals surface area (Å²) in [6.45, 7) is 6.06. The second-order valence-corrected chi connectivity index (χ2v) is 6.82. The number of fused-ring (bicyclic) bond motifs is 1. The van der Waals surface area contributed by atoms with Crippen LogP contribution in [-0.2, 0) is 4.79 Å². The number of carbonyl (C=O) groups is 1. The Morgan fingerprint density at radius 3 is 2.65 bits per heavy atom. The Morgan fingerprint density at radius 1 is 1.22 bits per heavy atom. The first-order valence-corrected chi connectivity index (χ1v) is 7.59. The van der Waals surface area contributed by atoms with Gasteiger partial charge >= 0.3 is 0 Å². The average molecular weight is 310 g/mol. The molecule has 23 heavy (non-hydrogen) atoms. The van der Waals surface area contributed by atoms with E-state index in [1.54, 1.807) is 6.07 Å². The van der Waals surface area contributed by atoms with E-state index in [1.807, 2.05) is 51.2 Å². The molecule has 0 aliphatic heterocycles. The van der Waals surface area contributed by atoms with E-state index in [2.05, 4.69) is 10.3 Å². The van der Waals surface area contributed by atoms with Crippen molar-refractivity contribution in [1.82, 2.24) is 10.3 Å². The van der Waals surface area contributed by atoms with E-state index in [9.17, 15) is 9.18 Å². The quantitative estimate of drug-likeness (QED) is 0.923. The minimum absolute atomic E-state index is 0.141. The minimum Gasteiger partial charge on any atom is -0.343 e. The van der Waals surface area contributed by atoms with Crippen LogP contribution in [0.3, 0.4) is 0 Å². The van der Waals surface area contributed by atoms with Crippen molar-refractivity contribution < 1.29 is 9.18 Å². The van der Waals surface area contributed by atoms with E-state index in [1.165, 1.54) is 12.3 Å². The van der Waals surface area contributed by atoms with Crippen molar-refractivity contribution in [1.29, 1.82) is 0 Å². The van der Waals surface area contributed by atoms with Crippen LogP contribution in [-0.4, -0.2) is 10.9 Å². The predicted octanol–water partition coefficient (Wildman–Crippen LogP) is 3.79. The molecule has 4 heteroatoms. The maximum absolute atomic E-state index is 13.1. The fourth-order valence-electron chi connectivity index (χ4n) is 2.79. The number of aromatic nitrogens is 1. The number of halogens is 1. The number of rotatable bonds is 3. The summed E-state index contributed by atoms with van der Waals surface area (Å²) in [7, 11) is 0. The highest BCUT2D eigenvalue weighted by molar-refractivity contribution is 6.00. The summed E-state index contributed by atoms with van der Waals surface area (Å²) in [5.41, 5.74) is 3.06. The van der Waals surface area contributed by atoms with Gasteiger partial charge in [-0.1, -0.05) is 45.1 Å². The number of carbonyl (C=O) groups excluding carboxylic acids is 1. The molecule has 118 valence electrons. The summed E-state index contributed by atoms with van der Waals surface area (Å²) in [5.74, 6) is -0.528. The van der Waals surface area contributed by atoms with Gasteiger partial charge in [-0.05, 0) is 34.8 Å². The molecule has 1 N–H and O–H groups in total. The Hall–Kier alpha value is -2.49. The zero-order valence-corrected chi connectivity index (χ0v) is 13.4. The number of allylic oxidation sites excluding steroid dienone is 6. The van der Waals surface area contributed by atoms with Crippen LogP contribution in [0.15, 0.2) is 65.4 Å². The SMILES string of the molecule is CC(C)(C)[C@@H](NC(=O)C1=C2C=CC=C2C=C1)c1ccc(F)cn1. The van der Waals surface area contributed by atoms with Gasteiger partial charge < -0.3 is 5.32 Å². The van der Waals surface area contributed by atoms with E-state index >= 15 is 0 Å². The van der Waals surface area contributed by atoms with Crippen molar-refractivity contribution in [2.45, 2.75) is 26.8 Å². The van der Waals surface area contributed by atoms with Crippen molar-refractivity contribution in [3.63, 3.8) is 0 Å². The van der Waals surface area contributed by atoms with Crippen LogP contribution in [0.1, 0.15) is 32.5 Å². The van der Waals surface area contributed by atoms with Crippen LogP contribution < -0.4 is 5.32 Å². The molecule has 0 fully saturated rings. The highest BCUT2D eigenvalue weighted by Gasteiger charge is 2.31. The fraction of sp³-hybridized carbons (Fsp3) is 0.263. The number of nitrogens with one attached hydrogen (secondary N) is 1. The van der Waals surface area contributed by atoms with Gasteiger partial charge in [-0.3, -0.25) is 9.78 Å². The molecule has 3 nitrogen and oxygen atoms in total. The highest BCUT2D eigenvalue weighted by Crippen LogP contribution is 2.34. The van der Waals surface area contributed by atoms with E-state index in [-0.39, 0.29) is 23.2 Å². The standard InChI is InChI=1S/C19H19FN2O/c1-19(2,3)17(16-10-8-13(20)11-21-16)22-18(23)15-9-7-12-5-4-6-14(12)15/h4-11,17H,1-3H3,(H,22,23)/t17-/m0/s1.